The van der Waals surface area contributed by atoms with Crippen molar-refractivity contribution in [1.29, 1.82) is 0 Å². The minimum Gasteiger partial charge on any atom is -0.318 e. The van der Waals surface area contributed by atoms with Crippen LogP contribution in [0.1, 0.15) is 18.1 Å². The van der Waals surface area contributed by atoms with Crippen molar-refractivity contribution in [3.63, 3.8) is 0 Å². The van der Waals surface area contributed by atoms with E-state index in [0.717, 1.165) is 11.1 Å². The first-order chi connectivity index (χ1) is 9.60. The molecule has 0 aromatic heterocycles. The molecule has 2 heteroatoms. The Morgan fingerprint density at radius 3 is 2.20 bits per heavy atom. The molecule has 0 spiro atoms. The summed E-state index contributed by atoms with van der Waals surface area (Å²) in [4.78, 5) is 0. The normalized spacial score (nSPS) is 14.2. The number of benzene rings is 3. The van der Waals surface area contributed by atoms with E-state index in [-0.39, 0.29) is 0 Å². The molecule has 0 heterocycles. The molecule has 0 aliphatic rings. The Labute approximate surface area is 124 Å². The van der Waals surface area contributed by atoms with Gasteiger partial charge in [-0.2, -0.15) is 0 Å². The highest BCUT2D eigenvalue weighted by Crippen LogP contribution is 2.35. The van der Waals surface area contributed by atoms with E-state index in [1.807, 2.05) is 49.4 Å². The second-order valence-corrected chi connectivity index (χ2v) is 5.62. The lowest BCUT2D eigenvalue weighted by Gasteiger charge is -2.28. The maximum absolute atomic E-state index is 6.64. The van der Waals surface area contributed by atoms with Gasteiger partial charge in [-0.15, -0.1) is 0 Å². The van der Waals surface area contributed by atoms with Crippen LogP contribution in [-0.4, -0.2) is 0 Å². The molecule has 3 rings (SSSR count). The summed E-state index contributed by atoms with van der Waals surface area (Å²) in [5, 5.41) is 3.05. The van der Waals surface area contributed by atoms with Gasteiger partial charge in [-0.3, -0.25) is 0 Å². The smallest absolute Gasteiger partial charge is 0.0657 e. The third-order valence-corrected chi connectivity index (χ3v) is 4.11. The van der Waals surface area contributed by atoms with Crippen LogP contribution in [0.3, 0.4) is 0 Å². The first kappa shape index (κ1) is 13.2. The van der Waals surface area contributed by atoms with Crippen LogP contribution in [0.2, 0.25) is 5.02 Å². The topological polar surface area (TPSA) is 26.0 Å². The highest BCUT2D eigenvalue weighted by molar-refractivity contribution is 6.31. The highest BCUT2D eigenvalue weighted by atomic mass is 35.5. The molecule has 0 saturated carbocycles. The number of hydrogen-bond donors (Lipinski definition) is 1. The lowest BCUT2D eigenvalue weighted by atomic mass is 9.83. The molecule has 100 valence electrons. The lowest BCUT2D eigenvalue weighted by Crippen LogP contribution is -2.34. The summed E-state index contributed by atoms with van der Waals surface area (Å²) < 4.78 is 0. The number of nitrogens with two attached hydrogens (primary N) is 1. The Morgan fingerprint density at radius 1 is 0.800 bits per heavy atom. The molecule has 1 unspecified atom stereocenters. The van der Waals surface area contributed by atoms with Gasteiger partial charge in [0.25, 0.3) is 0 Å². The Bertz CT molecular complexity index is 757. The second-order valence-electron chi connectivity index (χ2n) is 5.21. The number of halogens is 1. The Hall–Kier alpha value is -1.83. The molecule has 3 aromatic carbocycles. The zero-order chi connectivity index (χ0) is 14.2. The average Bonchev–Trinajstić information content (AvgIpc) is 2.47. The third-order valence-electron chi connectivity index (χ3n) is 3.78. The van der Waals surface area contributed by atoms with Crippen LogP contribution in [0.25, 0.3) is 10.8 Å². The molecular weight excluding hydrogens is 266 g/mol. The van der Waals surface area contributed by atoms with Gasteiger partial charge in [-0.25, -0.2) is 0 Å². The minimum absolute atomic E-state index is 0.626. The number of hydrogen-bond acceptors (Lipinski definition) is 1. The van der Waals surface area contributed by atoms with Crippen LogP contribution >= 0.6 is 11.6 Å². The van der Waals surface area contributed by atoms with Gasteiger partial charge in [-0.05, 0) is 34.9 Å². The summed E-state index contributed by atoms with van der Waals surface area (Å²) in [7, 11) is 0. The SMILES string of the molecule is CC(N)(c1ccccc1Cl)c1cccc2ccccc12. The second kappa shape index (κ2) is 4.93. The third kappa shape index (κ3) is 2.09. The molecular formula is C18H16ClN. The monoisotopic (exact) mass is 281 g/mol. The van der Waals surface area contributed by atoms with E-state index in [1.165, 1.54) is 10.8 Å². The summed E-state index contributed by atoms with van der Waals surface area (Å²) >= 11 is 6.33. The summed E-state index contributed by atoms with van der Waals surface area (Å²) in [6.45, 7) is 2.01. The fraction of sp³-hybridized carbons (Fsp3) is 0.111. The molecule has 1 atom stereocenters. The molecule has 0 saturated heterocycles. The van der Waals surface area contributed by atoms with Gasteiger partial charge < -0.3 is 5.73 Å². The van der Waals surface area contributed by atoms with Crippen molar-refractivity contribution in [3.8, 4) is 0 Å². The Kier molecular flexibility index (Phi) is 3.25. The number of fused-ring (bicyclic) bond motifs is 1. The standard InChI is InChI=1S/C18H16ClN/c1-18(20,16-10-4-5-12-17(16)19)15-11-6-8-13-7-2-3-9-14(13)15/h2-12H,20H2,1H3. The zero-order valence-corrected chi connectivity index (χ0v) is 12.1. The number of rotatable bonds is 2. The van der Waals surface area contributed by atoms with Crippen molar-refractivity contribution in [1.82, 2.24) is 0 Å². The fourth-order valence-electron chi connectivity index (χ4n) is 2.71. The van der Waals surface area contributed by atoms with Crippen molar-refractivity contribution < 1.29 is 0 Å². The van der Waals surface area contributed by atoms with Gasteiger partial charge in [0.1, 0.15) is 0 Å². The van der Waals surface area contributed by atoms with E-state index < -0.39 is 5.54 Å². The molecule has 0 amide bonds. The fourth-order valence-corrected chi connectivity index (χ4v) is 3.04. The van der Waals surface area contributed by atoms with Gasteiger partial charge in [0, 0.05) is 5.02 Å². The Morgan fingerprint density at radius 2 is 1.40 bits per heavy atom. The minimum atomic E-state index is -0.626. The first-order valence-electron chi connectivity index (χ1n) is 6.63. The molecule has 1 nitrogen and oxygen atoms in total. The van der Waals surface area contributed by atoms with Gasteiger partial charge >= 0.3 is 0 Å². The van der Waals surface area contributed by atoms with Crippen LogP contribution in [0.4, 0.5) is 0 Å². The Balaban J connectivity index is 2.27. The van der Waals surface area contributed by atoms with Gasteiger partial charge in [-0.1, -0.05) is 72.3 Å². The molecule has 0 fully saturated rings. The van der Waals surface area contributed by atoms with E-state index in [1.54, 1.807) is 0 Å². The van der Waals surface area contributed by atoms with Crippen LogP contribution in [0.15, 0.2) is 66.7 Å². The van der Waals surface area contributed by atoms with Crippen molar-refractivity contribution in [3.05, 3.63) is 82.9 Å². The summed E-state index contributed by atoms with van der Waals surface area (Å²) in [5.74, 6) is 0. The van der Waals surface area contributed by atoms with E-state index in [4.69, 9.17) is 17.3 Å². The van der Waals surface area contributed by atoms with Crippen molar-refractivity contribution in [2.45, 2.75) is 12.5 Å². The van der Waals surface area contributed by atoms with Crippen molar-refractivity contribution in [2.24, 2.45) is 5.73 Å². The maximum atomic E-state index is 6.64. The van der Waals surface area contributed by atoms with Crippen molar-refractivity contribution in [2.75, 3.05) is 0 Å². The molecule has 2 N–H and O–H groups in total. The average molecular weight is 282 g/mol. The summed E-state index contributed by atoms with van der Waals surface area (Å²) in [6, 6.07) is 22.3. The highest BCUT2D eigenvalue weighted by Gasteiger charge is 2.27. The van der Waals surface area contributed by atoms with Crippen LogP contribution in [0.5, 0.6) is 0 Å². The quantitative estimate of drug-likeness (QED) is 0.723. The summed E-state index contributed by atoms with van der Waals surface area (Å²) in [5.41, 5.74) is 8.05. The van der Waals surface area contributed by atoms with Crippen LogP contribution < -0.4 is 5.73 Å². The lowest BCUT2D eigenvalue weighted by molar-refractivity contribution is 0.609. The van der Waals surface area contributed by atoms with Gasteiger partial charge in [0.15, 0.2) is 0 Å². The van der Waals surface area contributed by atoms with Gasteiger partial charge in [0.05, 0.1) is 5.54 Å². The summed E-state index contributed by atoms with van der Waals surface area (Å²) in [6.07, 6.45) is 0. The predicted octanol–water partition coefficient (Wildman–Crippen LogP) is 4.72. The predicted molar refractivity (Wildman–Crippen MR) is 86.0 cm³/mol. The van der Waals surface area contributed by atoms with Gasteiger partial charge in [0.2, 0.25) is 0 Å². The van der Waals surface area contributed by atoms with Crippen molar-refractivity contribution >= 4 is 22.4 Å². The molecule has 0 bridgehead atoms. The van der Waals surface area contributed by atoms with E-state index >= 15 is 0 Å². The van der Waals surface area contributed by atoms with E-state index in [0.29, 0.717) is 5.02 Å². The zero-order valence-electron chi connectivity index (χ0n) is 11.3. The van der Waals surface area contributed by atoms with Crippen LogP contribution in [0, 0.1) is 0 Å². The molecule has 0 aliphatic carbocycles. The molecule has 0 aliphatic heterocycles. The van der Waals surface area contributed by atoms with E-state index in [2.05, 4.69) is 24.3 Å². The van der Waals surface area contributed by atoms with E-state index in [9.17, 15) is 0 Å². The first-order valence-corrected chi connectivity index (χ1v) is 7.00. The largest absolute Gasteiger partial charge is 0.318 e. The maximum Gasteiger partial charge on any atom is 0.0657 e. The molecule has 0 radical (unpaired) electrons. The molecule has 3 aromatic rings. The molecule has 20 heavy (non-hydrogen) atoms. The van der Waals surface area contributed by atoms with Crippen LogP contribution in [-0.2, 0) is 5.54 Å².